The van der Waals surface area contributed by atoms with E-state index >= 15 is 0 Å². The van der Waals surface area contributed by atoms with Crippen molar-refractivity contribution in [3.63, 3.8) is 0 Å². The van der Waals surface area contributed by atoms with Gasteiger partial charge in [0.05, 0.1) is 10.4 Å². The number of amides is 1. The number of benzene rings is 2. The number of primary amides is 1. The van der Waals surface area contributed by atoms with Crippen LogP contribution in [-0.2, 0) is 16.6 Å². The smallest absolute Gasteiger partial charge is 0.258 e. The zero-order valence-electron chi connectivity index (χ0n) is 14.5. The van der Waals surface area contributed by atoms with E-state index in [-0.39, 0.29) is 21.6 Å². The Balaban J connectivity index is 2.05. The zero-order valence-corrected chi connectivity index (χ0v) is 16.0. The van der Waals surface area contributed by atoms with Crippen molar-refractivity contribution in [1.82, 2.24) is 0 Å². The van der Waals surface area contributed by atoms with Gasteiger partial charge in [0, 0.05) is 5.56 Å². The van der Waals surface area contributed by atoms with Gasteiger partial charge in [-0.3, -0.25) is 9.59 Å². The third-order valence-corrected chi connectivity index (χ3v) is 5.75. The number of carbonyl (C=O) groups is 2. The Kier molecular flexibility index (Phi) is 5.00. The van der Waals surface area contributed by atoms with Crippen LogP contribution < -0.4 is 10.5 Å². The SMILES string of the molecule is CCC(Oc1cc2c(c(Cl)c1Cl)C(=O)C(C)(c1ccccc1)C2)C(N)=O. The Morgan fingerprint density at radius 3 is 2.50 bits per heavy atom. The lowest BCUT2D eigenvalue weighted by Gasteiger charge is -2.22. The summed E-state index contributed by atoms with van der Waals surface area (Å²) in [5, 5.41) is 0.277. The molecule has 2 aromatic carbocycles. The van der Waals surface area contributed by atoms with Crippen LogP contribution in [0.4, 0.5) is 0 Å². The van der Waals surface area contributed by atoms with Crippen molar-refractivity contribution in [1.29, 1.82) is 0 Å². The second kappa shape index (κ2) is 6.93. The molecule has 0 bridgehead atoms. The summed E-state index contributed by atoms with van der Waals surface area (Å²) < 4.78 is 5.67. The van der Waals surface area contributed by atoms with Crippen molar-refractivity contribution in [2.24, 2.45) is 5.73 Å². The molecule has 0 spiro atoms. The first-order valence-electron chi connectivity index (χ1n) is 8.36. The summed E-state index contributed by atoms with van der Waals surface area (Å²) in [6.45, 7) is 3.68. The number of hydrogen-bond acceptors (Lipinski definition) is 3. The van der Waals surface area contributed by atoms with E-state index in [2.05, 4.69) is 0 Å². The number of Topliss-reactive ketones (excluding diaryl/α,β-unsaturated/α-hetero) is 1. The Bertz CT molecular complexity index is 882. The molecule has 1 aliphatic carbocycles. The monoisotopic (exact) mass is 391 g/mol. The molecule has 0 fully saturated rings. The van der Waals surface area contributed by atoms with E-state index < -0.39 is 17.4 Å². The van der Waals surface area contributed by atoms with E-state index in [1.165, 1.54) is 0 Å². The first-order chi connectivity index (χ1) is 12.3. The average molecular weight is 392 g/mol. The highest BCUT2D eigenvalue weighted by atomic mass is 35.5. The summed E-state index contributed by atoms with van der Waals surface area (Å²) >= 11 is 12.7. The van der Waals surface area contributed by atoms with E-state index in [1.807, 2.05) is 37.3 Å². The molecule has 0 heterocycles. The fourth-order valence-corrected chi connectivity index (χ4v) is 3.89. The predicted molar refractivity (Wildman–Crippen MR) is 102 cm³/mol. The summed E-state index contributed by atoms with van der Waals surface area (Å²) in [6, 6.07) is 11.3. The van der Waals surface area contributed by atoms with Crippen molar-refractivity contribution in [2.45, 2.75) is 38.2 Å². The lowest BCUT2D eigenvalue weighted by atomic mass is 9.79. The average Bonchev–Trinajstić information content (AvgIpc) is 2.89. The van der Waals surface area contributed by atoms with Crippen LogP contribution >= 0.6 is 23.2 Å². The minimum atomic E-state index is -0.806. The number of fused-ring (bicyclic) bond motifs is 1. The van der Waals surface area contributed by atoms with Gasteiger partial charge in [0.1, 0.15) is 10.8 Å². The molecule has 1 aliphatic rings. The van der Waals surface area contributed by atoms with Crippen LogP contribution in [0.2, 0.25) is 10.0 Å². The van der Waals surface area contributed by atoms with Gasteiger partial charge in [-0.1, -0.05) is 60.5 Å². The molecule has 3 rings (SSSR count). The van der Waals surface area contributed by atoms with Gasteiger partial charge in [-0.25, -0.2) is 0 Å². The molecule has 2 unspecified atom stereocenters. The van der Waals surface area contributed by atoms with Crippen LogP contribution in [0.15, 0.2) is 36.4 Å². The second-order valence-corrected chi connectivity index (χ2v) is 7.41. The van der Waals surface area contributed by atoms with Gasteiger partial charge in [-0.05, 0) is 37.0 Å². The number of ether oxygens (including phenoxy) is 1. The molecule has 0 saturated heterocycles. The topological polar surface area (TPSA) is 69.4 Å². The van der Waals surface area contributed by atoms with E-state index in [9.17, 15) is 9.59 Å². The standard InChI is InChI=1S/C20H19Cl2NO3/c1-3-13(19(23)25)26-14-9-11-10-20(2,12-7-5-4-6-8-12)18(24)15(11)17(22)16(14)21/h4-9,13H,3,10H2,1-2H3,(H2,23,25). The molecule has 0 aliphatic heterocycles. The maximum absolute atomic E-state index is 13.1. The third-order valence-electron chi connectivity index (χ3n) is 4.90. The van der Waals surface area contributed by atoms with E-state index in [0.29, 0.717) is 18.4 Å². The molecule has 2 N–H and O–H groups in total. The van der Waals surface area contributed by atoms with Crippen molar-refractivity contribution in [3.8, 4) is 5.75 Å². The summed E-state index contributed by atoms with van der Waals surface area (Å²) in [5.41, 5.74) is 6.71. The van der Waals surface area contributed by atoms with Crippen LogP contribution in [-0.4, -0.2) is 17.8 Å². The van der Waals surface area contributed by atoms with E-state index in [4.69, 9.17) is 33.7 Å². The van der Waals surface area contributed by atoms with Gasteiger partial charge in [0.25, 0.3) is 5.91 Å². The fourth-order valence-electron chi connectivity index (χ4n) is 3.40. The number of nitrogens with two attached hydrogens (primary N) is 1. The largest absolute Gasteiger partial charge is 0.479 e. The fraction of sp³-hybridized carbons (Fsp3) is 0.300. The Labute approximate surface area is 162 Å². The van der Waals surface area contributed by atoms with Crippen molar-refractivity contribution < 1.29 is 14.3 Å². The lowest BCUT2D eigenvalue weighted by Crippen LogP contribution is -2.33. The molecule has 6 heteroatoms. The van der Waals surface area contributed by atoms with Crippen LogP contribution in [0.1, 0.15) is 41.8 Å². The van der Waals surface area contributed by atoms with Gasteiger partial charge in [0.2, 0.25) is 0 Å². The third kappa shape index (κ3) is 2.97. The highest BCUT2D eigenvalue weighted by Gasteiger charge is 2.45. The molecule has 4 nitrogen and oxygen atoms in total. The first kappa shape index (κ1) is 18.7. The van der Waals surface area contributed by atoms with Gasteiger partial charge in [-0.15, -0.1) is 0 Å². The molecule has 0 saturated carbocycles. The van der Waals surface area contributed by atoms with Crippen LogP contribution in [0, 0.1) is 0 Å². The Hall–Kier alpha value is -2.04. The van der Waals surface area contributed by atoms with Crippen molar-refractivity contribution in [2.75, 3.05) is 0 Å². The maximum Gasteiger partial charge on any atom is 0.258 e. The zero-order chi connectivity index (χ0) is 19.1. The maximum atomic E-state index is 13.1. The minimum Gasteiger partial charge on any atom is -0.479 e. The number of halogens is 2. The van der Waals surface area contributed by atoms with Crippen molar-refractivity contribution in [3.05, 3.63) is 63.1 Å². The van der Waals surface area contributed by atoms with Crippen LogP contribution in [0.3, 0.4) is 0 Å². The van der Waals surface area contributed by atoms with Gasteiger partial charge in [0.15, 0.2) is 11.9 Å². The lowest BCUT2D eigenvalue weighted by molar-refractivity contribution is -0.124. The number of carbonyl (C=O) groups excluding carboxylic acids is 2. The molecule has 0 aromatic heterocycles. The van der Waals surface area contributed by atoms with Gasteiger partial charge >= 0.3 is 0 Å². The molecular weight excluding hydrogens is 373 g/mol. The molecule has 0 radical (unpaired) electrons. The Morgan fingerprint density at radius 2 is 1.92 bits per heavy atom. The normalized spacial score (nSPS) is 19.9. The first-order valence-corrected chi connectivity index (χ1v) is 9.12. The second-order valence-electron chi connectivity index (χ2n) is 6.66. The quantitative estimate of drug-likeness (QED) is 0.823. The van der Waals surface area contributed by atoms with Gasteiger partial charge in [-0.2, -0.15) is 0 Å². The summed E-state index contributed by atoms with van der Waals surface area (Å²) in [7, 11) is 0. The molecular formula is C20H19Cl2NO3. The Morgan fingerprint density at radius 1 is 1.27 bits per heavy atom. The molecule has 26 heavy (non-hydrogen) atoms. The minimum absolute atomic E-state index is 0.0703. The van der Waals surface area contributed by atoms with Crippen LogP contribution in [0.25, 0.3) is 0 Å². The van der Waals surface area contributed by atoms with Crippen molar-refractivity contribution >= 4 is 34.9 Å². The van der Waals surface area contributed by atoms with Crippen LogP contribution in [0.5, 0.6) is 5.75 Å². The van der Waals surface area contributed by atoms with E-state index in [0.717, 1.165) is 11.1 Å². The number of rotatable bonds is 5. The summed E-state index contributed by atoms with van der Waals surface area (Å²) in [6.07, 6.45) is 0.0755. The number of hydrogen-bond donors (Lipinski definition) is 1. The summed E-state index contributed by atoms with van der Waals surface area (Å²) in [5.74, 6) is -0.379. The molecule has 136 valence electrons. The highest BCUT2D eigenvalue weighted by Crippen LogP contribution is 2.47. The number of ketones is 1. The highest BCUT2D eigenvalue weighted by molar-refractivity contribution is 6.45. The summed E-state index contributed by atoms with van der Waals surface area (Å²) in [4.78, 5) is 24.6. The van der Waals surface area contributed by atoms with Gasteiger partial charge < -0.3 is 10.5 Å². The molecule has 1 amide bonds. The van der Waals surface area contributed by atoms with E-state index in [1.54, 1.807) is 13.0 Å². The molecule has 2 aromatic rings. The molecule has 2 atom stereocenters. The predicted octanol–water partition coefficient (Wildman–Crippen LogP) is 4.33.